The van der Waals surface area contributed by atoms with E-state index in [4.69, 9.17) is 5.73 Å². The number of rotatable bonds is 3. The van der Waals surface area contributed by atoms with Gasteiger partial charge in [-0.05, 0) is 12.1 Å². The van der Waals surface area contributed by atoms with Gasteiger partial charge in [0, 0.05) is 33.0 Å². The fourth-order valence-corrected chi connectivity index (χ4v) is 5.13. The Morgan fingerprint density at radius 2 is 1.83 bits per heavy atom. The number of nitrogens with one attached hydrogen (secondary N) is 1. The first-order chi connectivity index (χ1) is 14.5. The van der Waals surface area contributed by atoms with Gasteiger partial charge < -0.3 is 11.1 Å². The molecule has 0 radical (unpaired) electrons. The van der Waals surface area contributed by atoms with Crippen molar-refractivity contribution in [1.29, 1.82) is 0 Å². The molecule has 1 saturated heterocycles. The molecule has 3 heterocycles. The third-order valence-electron chi connectivity index (χ3n) is 5.21. The predicted octanol–water partition coefficient (Wildman–Crippen LogP) is 2.92. The number of benzene rings is 2. The Morgan fingerprint density at radius 3 is 2.67 bits per heavy atom. The summed E-state index contributed by atoms with van der Waals surface area (Å²) in [6, 6.07) is 13.5. The SMILES string of the molecule is NC(=O)c1ccccc1C1=CC2NC(=O)N(c3cncc4ccccc34)C(=O)C2S1. The van der Waals surface area contributed by atoms with E-state index in [1.54, 1.807) is 30.5 Å². The molecule has 0 bridgehead atoms. The van der Waals surface area contributed by atoms with Gasteiger partial charge in [-0.1, -0.05) is 42.5 Å². The minimum atomic E-state index is -0.544. The minimum absolute atomic E-state index is 0.324. The maximum Gasteiger partial charge on any atom is 0.329 e. The summed E-state index contributed by atoms with van der Waals surface area (Å²) in [5, 5.41) is 3.96. The van der Waals surface area contributed by atoms with Crippen molar-refractivity contribution in [2.24, 2.45) is 5.73 Å². The first-order valence-electron chi connectivity index (χ1n) is 9.29. The van der Waals surface area contributed by atoms with Crippen LogP contribution in [0.1, 0.15) is 15.9 Å². The van der Waals surface area contributed by atoms with Gasteiger partial charge in [-0.15, -0.1) is 11.8 Å². The number of pyridine rings is 1. The molecule has 2 atom stereocenters. The largest absolute Gasteiger partial charge is 0.366 e. The molecule has 3 N–H and O–H groups in total. The second-order valence-electron chi connectivity index (χ2n) is 7.01. The van der Waals surface area contributed by atoms with Crippen molar-refractivity contribution >= 4 is 51.0 Å². The van der Waals surface area contributed by atoms with Crippen LogP contribution in [0.5, 0.6) is 0 Å². The molecule has 0 saturated carbocycles. The molecule has 4 amide bonds. The molecule has 1 fully saturated rings. The van der Waals surface area contributed by atoms with Crippen LogP contribution in [0, 0.1) is 0 Å². The predicted molar refractivity (Wildman–Crippen MR) is 116 cm³/mol. The summed E-state index contributed by atoms with van der Waals surface area (Å²) in [6.45, 7) is 0. The van der Waals surface area contributed by atoms with Gasteiger partial charge in [0.2, 0.25) is 5.91 Å². The third-order valence-corrected chi connectivity index (χ3v) is 6.57. The van der Waals surface area contributed by atoms with E-state index >= 15 is 0 Å². The third kappa shape index (κ3) is 2.84. The summed E-state index contributed by atoms with van der Waals surface area (Å²) in [7, 11) is 0. The molecule has 0 spiro atoms. The highest BCUT2D eigenvalue weighted by molar-refractivity contribution is 8.09. The quantitative estimate of drug-likeness (QED) is 0.683. The zero-order chi connectivity index (χ0) is 20.8. The molecule has 5 rings (SSSR count). The maximum absolute atomic E-state index is 13.3. The number of anilines is 1. The summed E-state index contributed by atoms with van der Waals surface area (Å²) < 4.78 is 0. The van der Waals surface area contributed by atoms with Crippen molar-refractivity contribution < 1.29 is 14.4 Å². The lowest BCUT2D eigenvalue weighted by atomic mass is 10.0. The average molecular weight is 416 g/mol. The minimum Gasteiger partial charge on any atom is -0.366 e. The number of thioether (sulfide) groups is 1. The molecule has 30 heavy (non-hydrogen) atoms. The highest BCUT2D eigenvalue weighted by atomic mass is 32.2. The Balaban J connectivity index is 1.51. The molecular weight excluding hydrogens is 400 g/mol. The number of carbonyl (C=O) groups is 3. The Labute approximate surface area is 176 Å². The Kier molecular flexibility index (Phi) is 4.29. The molecule has 8 heteroatoms. The number of nitrogens with two attached hydrogens (primary N) is 1. The smallest absolute Gasteiger partial charge is 0.329 e. The summed E-state index contributed by atoms with van der Waals surface area (Å²) in [4.78, 5) is 44.1. The van der Waals surface area contributed by atoms with Crippen molar-refractivity contribution in [1.82, 2.24) is 10.3 Å². The van der Waals surface area contributed by atoms with E-state index in [1.165, 1.54) is 18.0 Å². The Morgan fingerprint density at radius 1 is 1.07 bits per heavy atom. The average Bonchev–Trinajstić information content (AvgIpc) is 3.18. The van der Waals surface area contributed by atoms with Crippen LogP contribution in [0.3, 0.4) is 0 Å². The van der Waals surface area contributed by atoms with Crippen LogP contribution in [0.15, 0.2) is 67.0 Å². The van der Waals surface area contributed by atoms with Crippen molar-refractivity contribution in [2.45, 2.75) is 11.3 Å². The van der Waals surface area contributed by atoms with Gasteiger partial charge in [0.05, 0.1) is 17.9 Å². The summed E-state index contributed by atoms with van der Waals surface area (Å²) in [5.74, 6) is -0.865. The van der Waals surface area contributed by atoms with Crippen LogP contribution in [0.4, 0.5) is 10.5 Å². The Hall–Kier alpha value is -3.65. The van der Waals surface area contributed by atoms with Gasteiger partial charge in [-0.25, -0.2) is 9.69 Å². The van der Waals surface area contributed by atoms with E-state index < -0.39 is 23.2 Å². The Bertz CT molecular complexity index is 1250. The van der Waals surface area contributed by atoms with E-state index in [0.717, 1.165) is 20.6 Å². The first kappa shape index (κ1) is 18.4. The number of nitrogens with zero attached hydrogens (tertiary/aromatic N) is 2. The van der Waals surface area contributed by atoms with Crippen LogP contribution >= 0.6 is 11.8 Å². The number of hydrogen-bond donors (Lipinski definition) is 2. The molecular formula is C22H16N4O3S. The van der Waals surface area contributed by atoms with Crippen LogP contribution in [-0.4, -0.2) is 34.1 Å². The fourth-order valence-electron chi connectivity index (χ4n) is 3.83. The lowest BCUT2D eigenvalue weighted by Gasteiger charge is -2.33. The van der Waals surface area contributed by atoms with Gasteiger partial charge in [-0.2, -0.15) is 0 Å². The van der Waals surface area contributed by atoms with Gasteiger partial charge in [0.15, 0.2) is 0 Å². The topological polar surface area (TPSA) is 105 Å². The van der Waals surface area contributed by atoms with Gasteiger partial charge in [-0.3, -0.25) is 14.6 Å². The molecule has 1 aromatic heterocycles. The second kappa shape index (κ2) is 7.00. The van der Waals surface area contributed by atoms with Gasteiger partial charge in [0.1, 0.15) is 5.25 Å². The fraction of sp³-hybridized carbons (Fsp3) is 0.0909. The first-order valence-corrected chi connectivity index (χ1v) is 10.2. The standard InChI is InChI=1S/C22H16N4O3S/c23-20(27)15-8-4-3-7-14(15)18-9-16-19(30-18)21(28)26(22(29)25-16)17-11-24-10-12-5-1-2-6-13(12)17/h1-11,16,19H,(H2,23,27)(H,25,29). The highest BCUT2D eigenvalue weighted by Crippen LogP contribution is 2.43. The molecule has 148 valence electrons. The number of hydrogen-bond acceptors (Lipinski definition) is 5. The molecule has 2 aliphatic rings. The van der Waals surface area contributed by atoms with Gasteiger partial charge in [0.25, 0.3) is 5.91 Å². The molecule has 7 nitrogen and oxygen atoms in total. The van der Waals surface area contributed by atoms with Crippen LogP contribution in [-0.2, 0) is 4.79 Å². The van der Waals surface area contributed by atoms with E-state index in [9.17, 15) is 14.4 Å². The summed E-state index contributed by atoms with van der Waals surface area (Å²) >= 11 is 1.32. The molecule has 0 aliphatic carbocycles. The van der Waals surface area contributed by atoms with Crippen molar-refractivity contribution in [3.63, 3.8) is 0 Å². The summed E-state index contributed by atoms with van der Waals surface area (Å²) in [5.41, 5.74) is 6.98. The molecule has 2 unspecified atom stereocenters. The lowest BCUT2D eigenvalue weighted by molar-refractivity contribution is -0.118. The second-order valence-corrected chi connectivity index (χ2v) is 8.19. The number of urea groups is 1. The number of imide groups is 1. The van der Waals surface area contributed by atoms with Crippen LogP contribution < -0.4 is 16.0 Å². The van der Waals surface area contributed by atoms with Crippen molar-refractivity contribution in [3.05, 3.63) is 78.1 Å². The number of carbonyl (C=O) groups excluding carboxylic acids is 3. The summed E-state index contributed by atoms with van der Waals surface area (Å²) in [6.07, 6.45) is 5.03. The highest BCUT2D eigenvalue weighted by Gasteiger charge is 2.45. The number of aromatic nitrogens is 1. The van der Waals surface area contributed by atoms with E-state index in [0.29, 0.717) is 16.8 Å². The normalized spacial score (nSPS) is 20.7. The molecule has 2 aromatic carbocycles. The monoisotopic (exact) mass is 416 g/mol. The van der Waals surface area contributed by atoms with E-state index in [2.05, 4.69) is 10.3 Å². The number of primary amides is 1. The molecule has 3 aromatic rings. The van der Waals surface area contributed by atoms with E-state index in [-0.39, 0.29) is 5.91 Å². The number of amides is 4. The zero-order valence-corrected chi connectivity index (χ0v) is 16.4. The maximum atomic E-state index is 13.3. The van der Waals surface area contributed by atoms with E-state index in [1.807, 2.05) is 30.3 Å². The number of fused-ring (bicyclic) bond motifs is 2. The van der Waals surface area contributed by atoms with Crippen molar-refractivity contribution in [3.8, 4) is 0 Å². The van der Waals surface area contributed by atoms with Crippen molar-refractivity contribution in [2.75, 3.05) is 4.90 Å². The van der Waals surface area contributed by atoms with Gasteiger partial charge >= 0.3 is 6.03 Å². The van der Waals surface area contributed by atoms with Crippen LogP contribution in [0.2, 0.25) is 0 Å². The lowest BCUT2D eigenvalue weighted by Crippen LogP contribution is -2.60. The van der Waals surface area contributed by atoms with Crippen LogP contribution in [0.25, 0.3) is 15.7 Å². The molecule has 2 aliphatic heterocycles. The zero-order valence-electron chi connectivity index (χ0n) is 15.6.